The van der Waals surface area contributed by atoms with Gasteiger partial charge in [0.1, 0.15) is 6.61 Å². The molecule has 12 heavy (non-hydrogen) atoms. The van der Waals surface area contributed by atoms with E-state index in [1.807, 2.05) is 6.92 Å². The van der Waals surface area contributed by atoms with Gasteiger partial charge in [-0.2, -0.15) is 0 Å². The molecular weight excluding hydrogens is 156 g/mol. The molecule has 1 aliphatic heterocycles. The van der Waals surface area contributed by atoms with E-state index in [0.29, 0.717) is 6.54 Å². The Kier molecular flexibility index (Phi) is 3.49. The molecule has 1 aliphatic rings. The molecule has 0 aromatic heterocycles. The van der Waals surface area contributed by atoms with Gasteiger partial charge in [0.2, 0.25) is 5.91 Å². The van der Waals surface area contributed by atoms with Gasteiger partial charge in [0, 0.05) is 19.6 Å². The van der Waals surface area contributed by atoms with Crippen LogP contribution in [0.1, 0.15) is 13.3 Å². The van der Waals surface area contributed by atoms with Crippen LogP contribution in [-0.4, -0.2) is 43.2 Å². The number of hydrogen-bond donors (Lipinski definition) is 1. The molecule has 1 saturated heterocycles. The van der Waals surface area contributed by atoms with Gasteiger partial charge >= 0.3 is 0 Å². The zero-order chi connectivity index (χ0) is 8.97. The van der Waals surface area contributed by atoms with Crippen LogP contribution in [0.2, 0.25) is 0 Å². The zero-order valence-corrected chi connectivity index (χ0v) is 7.45. The maximum absolute atomic E-state index is 11.3. The summed E-state index contributed by atoms with van der Waals surface area (Å²) in [6, 6.07) is 0. The van der Waals surface area contributed by atoms with Crippen LogP contribution in [0.3, 0.4) is 0 Å². The number of nitrogens with zero attached hydrogens (tertiary/aromatic N) is 1. The van der Waals surface area contributed by atoms with Crippen molar-refractivity contribution in [1.29, 1.82) is 0 Å². The average molecular weight is 172 g/mol. The molecule has 0 radical (unpaired) electrons. The Balaban J connectivity index is 2.46. The Morgan fingerprint density at radius 2 is 2.50 bits per heavy atom. The highest BCUT2D eigenvalue weighted by molar-refractivity contribution is 5.77. The minimum atomic E-state index is 0.0606. The topological polar surface area (TPSA) is 55.6 Å². The molecule has 4 heteroatoms. The number of amides is 1. The van der Waals surface area contributed by atoms with Gasteiger partial charge in [-0.15, -0.1) is 0 Å². The Morgan fingerprint density at radius 3 is 3.08 bits per heavy atom. The molecule has 4 nitrogen and oxygen atoms in total. The Hall–Kier alpha value is -0.610. The first kappa shape index (κ1) is 9.48. The lowest BCUT2D eigenvalue weighted by Gasteiger charge is -2.16. The van der Waals surface area contributed by atoms with E-state index in [2.05, 4.69) is 0 Å². The van der Waals surface area contributed by atoms with Crippen LogP contribution in [0.5, 0.6) is 0 Å². The van der Waals surface area contributed by atoms with E-state index in [4.69, 9.17) is 10.5 Å². The fourth-order valence-corrected chi connectivity index (χ4v) is 1.31. The summed E-state index contributed by atoms with van der Waals surface area (Å²) in [7, 11) is 0. The molecule has 1 amide bonds. The van der Waals surface area contributed by atoms with Crippen molar-refractivity contribution in [2.45, 2.75) is 19.4 Å². The highest BCUT2D eigenvalue weighted by Crippen LogP contribution is 2.06. The van der Waals surface area contributed by atoms with Crippen molar-refractivity contribution in [3.05, 3.63) is 0 Å². The highest BCUT2D eigenvalue weighted by Gasteiger charge is 2.20. The summed E-state index contributed by atoms with van der Waals surface area (Å²) in [6.07, 6.45) is 0.918. The van der Waals surface area contributed by atoms with E-state index in [1.165, 1.54) is 0 Å². The van der Waals surface area contributed by atoms with Crippen molar-refractivity contribution in [2.24, 2.45) is 5.73 Å². The smallest absolute Gasteiger partial charge is 0.248 e. The molecule has 1 atom stereocenters. The number of rotatable bonds is 2. The molecule has 0 spiro atoms. The third kappa shape index (κ3) is 2.19. The van der Waals surface area contributed by atoms with Gasteiger partial charge in [-0.25, -0.2) is 0 Å². The molecule has 1 unspecified atom stereocenters. The minimum absolute atomic E-state index is 0.0606. The predicted octanol–water partition coefficient (Wildman–Crippen LogP) is -0.417. The molecule has 0 aromatic rings. The Labute approximate surface area is 72.7 Å². The number of likely N-dealkylation sites (N-methyl/N-ethyl adjacent to an activating group) is 1. The highest BCUT2D eigenvalue weighted by atomic mass is 16.5. The second-order valence-electron chi connectivity index (χ2n) is 2.93. The van der Waals surface area contributed by atoms with Crippen LogP contribution in [0.15, 0.2) is 0 Å². The van der Waals surface area contributed by atoms with Gasteiger partial charge in [-0.3, -0.25) is 4.79 Å². The largest absolute Gasteiger partial charge is 0.367 e. The summed E-state index contributed by atoms with van der Waals surface area (Å²) in [6.45, 7) is 4.21. The zero-order valence-electron chi connectivity index (χ0n) is 7.45. The molecule has 2 N–H and O–H groups in total. The predicted molar refractivity (Wildman–Crippen MR) is 45.7 cm³/mol. The van der Waals surface area contributed by atoms with Gasteiger partial charge in [0.05, 0.1) is 6.10 Å². The second kappa shape index (κ2) is 4.42. The summed E-state index contributed by atoms with van der Waals surface area (Å²) in [5, 5.41) is 0. The van der Waals surface area contributed by atoms with Crippen molar-refractivity contribution in [2.75, 3.05) is 26.2 Å². The molecule has 0 bridgehead atoms. The van der Waals surface area contributed by atoms with Crippen molar-refractivity contribution in [1.82, 2.24) is 4.90 Å². The third-order valence-electron chi connectivity index (χ3n) is 2.16. The monoisotopic (exact) mass is 172 g/mol. The maximum Gasteiger partial charge on any atom is 0.248 e. The first-order valence-electron chi connectivity index (χ1n) is 4.37. The summed E-state index contributed by atoms with van der Waals surface area (Å²) in [4.78, 5) is 13.1. The van der Waals surface area contributed by atoms with Gasteiger partial charge in [-0.1, -0.05) is 0 Å². The standard InChI is InChI=1S/C8H16N2O2/c1-2-10-4-3-7(5-9)12-6-8(10)11/h7H,2-6,9H2,1H3. The fourth-order valence-electron chi connectivity index (χ4n) is 1.31. The molecule has 70 valence electrons. The lowest BCUT2D eigenvalue weighted by molar-refractivity contribution is -0.134. The average Bonchev–Trinajstić information content (AvgIpc) is 2.27. The molecule has 1 fully saturated rings. The van der Waals surface area contributed by atoms with Crippen LogP contribution in [0, 0.1) is 0 Å². The fraction of sp³-hybridized carbons (Fsp3) is 0.875. The van der Waals surface area contributed by atoms with Crippen molar-refractivity contribution in [3.63, 3.8) is 0 Å². The van der Waals surface area contributed by atoms with Crippen molar-refractivity contribution >= 4 is 5.91 Å². The van der Waals surface area contributed by atoms with E-state index >= 15 is 0 Å². The van der Waals surface area contributed by atoms with E-state index in [9.17, 15) is 4.79 Å². The lowest BCUT2D eigenvalue weighted by Crippen LogP contribution is -2.32. The third-order valence-corrected chi connectivity index (χ3v) is 2.16. The van der Waals surface area contributed by atoms with E-state index in [0.717, 1.165) is 19.5 Å². The number of carbonyl (C=O) groups is 1. The maximum atomic E-state index is 11.3. The van der Waals surface area contributed by atoms with E-state index < -0.39 is 0 Å². The van der Waals surface area contributed by atoms with Crippen LogP contribution in [-0.2, 0) is 9.53 Å². The van der Waals surface area contributed by atoms with Crippen molar-refractivity contribution < 1.29 is 9.53 Å². The Morgan fingerprint density at radius 1 is 1.75 bits per heavy atom. The molecule has 1 rings (SSSR count). The number of carbonyl (C=O) groups excluding carboxylic acids is 1. The summed E-state index contributed by atoms with van der Waals surface area (Å²) in [5.41, 5.74) is 5.45. The number of nitrogens with two attached hydrogens (primary N) is 1. The van der Waals surface area contributed by atoms with Gasteiger partial charge < -0.3 is 15.4 Å². The molecule has 1 heterocycles. The SMILES string of the molecule is CCN1CCC(CN)OCC1=O. The van der Waals surface area contributed by atoms with Crippen LogP contribution >= 0.6 is 0 Å². The van der Waals surface area contributed by atoms with Crippen LogP contribution in [0.25, 0.3) is 0 Å². The number of hydrogen-bond acceptors (Lipinski definition) is 3. The first-order valence-corrected chi connectivity index (χ1v) is 4.37. The van der Waals surface area contributed by atoms with E-state index in [-0.39, 0.29) is 18.6 Å². The molecule has 0 saturated carbocycles. The first-order chi connectivity index (χ1) is 5.77. The summed E-state index contributed by atoms with van der Waals surface area (Å²) in [5.74, 6) is 0.0773. The van der Waals surface area contributed by atoms with Gasteiger partial charge in [0.25, 0.3) is 0 Å². The van der Waals surface area contributed by atoms with Crippen molar-refractivity contribution in [3.8, 4) is 0 Å². The molecule has 0 aromatic carbocycles. The normalized spacial score (nSPS) is 25.7. The summed E-state index contributed by atoms with van der Waals surface area (Å²) < 4.78 is 5.28. The Bertz CT molecular complexity index is 161. The van der Waals surface area contributed by atoms with Gasteiger partial charge in [-0.05, 0) is 13.3 Å². The minimum Gasteiger partial charge on any atom is -0.367 e. The lowest BCUT2D eigenvalue weighted by atomic mass is 10.2. The number of ether oxygens (including phenoxy) is 1. The molecule has 0 aliphatic carbocycles. The second-order valence-corrected chi connectivity index (χ2v) is 2.93. The summed E-state index contributed by atoms with van der Waals surface area (Å²) >= 11 is 0. The molecular formula is C8H16N2O2. The van der Waals surface area contributed by atoms with Gasteiger partial charge in [0.15, 0.2) is 0 Å². The quantitative estimate of drug-likeness (QED) is 0.615. The van der Waals surface area contributed by atoms with E-state index in [1.54, 1.807) is 4.90 Å². The van der Waals surface area contributed by atoms with Crippen LogP contribution in [0.4, 0.5) is 0 Å². The van der Waals surface area contributed by atoms with Crippen LogP contribution < -0.4 is 5.73 Å².